The van der Waals surface area contributed by atoms with E-state index in [1.807, 2.05) is 38.1 Å². The Kier molecular flexibility index (Phi) is 4.21. The van der Waals surface area contributed by atoms with Gasteiger partial charge in [-0.3, -0.25) is 0 Å². The summed E-state index contributed by atoms with van der Waals surface area (Å²) in [6.45, 7) is 9.18. The molecule has 0 saturated carbocycles. The van der Waals surface area contributed by atoms with Gasteiger partial charge in [0.25, 0.3) is 0 Å². The number of aromatic hydroxyl groups is 1. The summed E-state index contributed by atoms with van der Waals surface area (Å²) in [4.78, 5) is 11.6. The van der Waals surface area contributed by atoms with Crippen molar-refractivity contribution >= 4 is 22.7 Å². The van der Waals surface area contributed by atoms with Crippen LogP contribution in [0.15, 0.2) is 34.5 Å². The van der Waals surface area contributed by atoms with Crippen molar-refractivity contribution in [2.45, 2.75) is 46.3 Å². The quantitative estimate of drug-likeness (QED) is 0.798. The number of rotatable bonds is 2. The van der Waals surface area contributed by atoms with Gasteiger partial charge in [0.05, 0.1) is 5.52 Å². The Bertz CT molecular complexity index is 724. The van der Waals surface area contributed by atoms with Crippen molar-refractivity contribution in [1.82, 2.24) is 4.57 Å². The first-order valence-electron chi connectivity index (χ1n) is 7.17. The van der Waals surface area contributed by atoms with Crippen molar-refractivity contribution in [2.75, 3.05) is 0 Å². The van der Waals surface area contributed by atoms with E-state index in [2.05, 4.69) is 10.2 Å². The zero-order chi connectivity index (χ0) is 16.5. The van der Waals surface area contributed by atoms with Crippen LogP contribution in [0.1, 0.15) is 40.7 Å². The molecule has 0 aliphatic heterocycles. The van der Waals surface area contributed by atoms with E-state index in [9.17, 15) is 9.90 Å². The van der Waals surface area contributed by atoms with Crippen LogP contribution in [-0.4, -0.2) is 21.4 Å². The molecule has 6 nitrogen and oxygen atoms in total. The van der Waals surface area contributed by atoms with Crippen LogP contribution in [0.5, 0.6) is 5.88 Å². The van der Waals surface area contributed by atoms with E-state index >= 15 is 0 Å². The van der Waals surface area contributed by atoms with Gasteiger partial charge in [-0.1, -0.05) is 23.3 Å². The van der Waals surface area contributed by atoms with Crippen LogP contribution in [0, 0.1) is 0 Å². The molecule has 118 valence electrons. The number of para-hydroxylation sites is 1. The number of azo groups is 1. The summed E-state index contributed by atoms with van der Waals surface area (Å²) in [5, 5.41) is 18.6. The second-order valence-corrected chi connectivity index (χ2v) is 6.33. The lowest BCUT2D eigenvalue weighted by atomic mass is 10.2. The van der Waals surface area contributed by atoms with Gasteiger partial charge in [-0.15, -0.1) is 5.11 Å². The summed E-state index contributed by atoms with van der Waals surface area (Å²) in [7, 11) is 0. The van der Waals surface area contributed by atoms with Gasteiger partial charge >= 0.3 is 6.09 Å². The van der Waals surface area contributed by atoms with Crippen LogP contribution in [0.25, 0.3) is 10.9 Å². The van der Waals surface area contributed by atoms with Gasteiger partial charge in [-0.25, -0.2) is 4.79 Å². The lowest BCUT2D eigenvalue weighted by molar-refractivity contribution is 0.0592. The summed E-state index contributed by atoms with van der Waals surface area (Å²) < 4.78 is 6.83. The number of carbonyl (C=O) groups excluding carboxylic acids is 1. The van der Waals surface area contributed by atoms with Crippen molar-refractivity contribution < 1.29 is 14.6 Å². The second kappa shape index (κ2) is 5.79. The highest BCUT2D eigenvalue weighted by Crippen LogP contribution is 2.40. The molecule has 22 heavy (non-hydrogen) atoms. The molecule has 0 fully saturated rings. The molecule has 1 amide bonds. The van der Waals surface area contributed by atoms with Gasteiger partial charge in [0, 0.05) is 11.4 Å². The van der Waals surface area contributed by atoms with E-state index in [0.29, 0.717) is 0 Å². The molecule has 0 radical (unpaired) electrons. The molecule has 0 atom stereocenters. The highest BCUT2D eigenvalue weighted by molar-refractivity contribution is 5.95. The Morgan fingerprint density at radius 3 is 2.50 bits per heavy atom. The molecular formula is C16H21N3O3. The number of fused-ring (bicyclic) bond motifs is 1. The van der Waals surface area contributed by atoms with Crippen LogP contribution < -0.4 is 0 Å². The van der Waals surface area contributed by atoms with Crippen molar-refractivity contribution in [3.63, 3.8) is 0 Å². The highest BCUT2D eigenvalue weighted by Gasteiger charge is 2.19. The number of nitrogens with zero attached hydrogens (tertiary/aromatic N) is 3. The normalized spacial score (nSPS) is 12.5. The monoisotopic (exact) mass is 303 g/mol. The number of benzene rings is 1. The molecule has 0 saturated heterocycles. The maximum Gasteiger partial charge on any atom is 0.452 e. The third kappa shape index (κ3) is 3.27. The molecule has 0 bridgehead atoms. The zero-order valence-corrected chi connectivity index (χ0v) is 13.5. The number of aromatic nitrogens is 1. The van der Waals surface area contributed by atoms with Gasteiger partial charge in [0.15, 0.2) is 5.69 Å². The van der Waals surface area contributed by atoms with Crippen LogP contribution in [0.4, 0.5) is 10.5 Å². The summed E-state index contributed by atoms with van der Waals surface area (Å²) in [5.74, 6) is -0.0106. The van der Waals surface area contributed by atoms with E-state index in [0.717, 1.165) is 10.9 Å². The maximum absolute atomic E-state index is 11.6. The molecule has 1 aromatic carbocycles. The minimum absolute atomic E-state index is 0.0106. The lowest BCUT2D eigenvalue weighted by Crippen LogP contribution is -2.21. The molecule has 1 heterocycles. The van der Waals surface area contributed by atoms with Gasteiger partial charge in [-0.2, -0.15) is 0 Å². The Hall–Kier alpha value is -2.37. The molecule has 6 heteroatoms. The fraction of sp³-hybridized carbons (Fsp3) is 0.438. The van der Waals surface area contributed by atoms with Crippen LogP contribution >= 0.6 is 0 Å². The zero-order valence-electron chi connectivity index (χ0n) is 13.5. The van der Waals surface area contributed by atoms with Gasteiger partial charge in [0.1, 0.15) is 5.60 Å². The van der Waals surface area contributed by atoms with Gasteiger partial charge < -0.3 is 14.4 Å². The second-order valence-electron chi connectivity index (χ2n) is 6.33. The number of amides is 1. The van der Waals surface area contributed by atoms with E-state index in [1.54, 1.807) is 25.3 Å². The largest absolute Gasteiger partial charge is 0.493 e. The molecular weight excluding hydrogens is 282 g/mol. The molecule has 0 unspecified atom stereocenters. The average molecular weight is 303 g/mol. The topological polar surface area (TPSA) is 76.2 Å². The van der Waals surface area contributed by atoms with Crippen LogP contribution in [0.3, 0.4) is 0 Å². The fourth-order valence-corrected chi connectivity index (χ4v) is 2.23. The first-order chi connectivity index (χ1) is 10.2. The van der Waals surface area contributed by atoms with Crippen molar-refractivity contribution in [2.24, 2.45) is 10.2 Å². The summed E-state index contributed by atoms with van der Waals surface area (Å²) in [6.07, 6.45) is -0.784. The lowest BCUT2D eigenvalue weighted by Gasteiger charge is -2.16. The van der Waals surface area contributed by atoms with Crippen LogP contribution in [-0.2, 0) is 4.74 Å². The van der Waals surface area contributed by atoms with Crippen molar-refractivity contribution in [3.8, 4) is 5.88 Å². The first kappa shape index (κ1) is 16.0. The minimum atomic E-state index is -0.784. The Morgan fingerprint density at radius 2 is 1.91 bits per heavy atom. The molecule has 2 aromatic rings. The fourth-order valence-electron chi connectivity index (χ4n) is 2.23. The first-order valence-corrected chi connectivity index (χ1v) is 7.17. The molecule has 1 N–H and O–H groups in total. The Balaban J connectivity index is 2.44. The van der Waals surface area contributed by atoms with E-state index in [1.165, 1.54) is 0 Å². The van der Waals surface area contributed by atoms with Crippen molar-refractivity contribution in [3.05, 3.63) is 24.3 Å². The smallest absolute Gasteiger partial charge is 0.452 e. The maximum atomic E-state index is 11.6. The Morgan fingerprint density at radius 1 is 1.27 bits per heavy atom. The Labute approximate surface area is 129 Å². The molecule has 1 aromatic heterocycles. The number of carbonyl (C=O) groups is 1. The number of hydrogen-bond donors (Lipinski definition) is 1. The van der Waals surface area contributed by atoms with Crippen LogP contribution in [0.2, 0.25) is 0 Å². The summed E-state index contributed by atoms with van der Waals surface area (Å²) >= 11 is 0. The van der Waals surface area contributed by atoms with Gasteiger partial charge in [0.2, 0.25) is 5.88 Å². The highest BCUT2D eigenvalue weighted by atomic mass is 16.6. The average Bonchev–Trinajstić information content (AvgIpc) is 2.66. The summed E-state index contributed by atoms with van der Waals surface area (Å²) in [6, 6.07) is 7.50. The molecule has 2 rings (SSSR count). The standard InChI is InChI=1S/C16H21N3O3/c1-10(2)19-12-9-7-6-8-11(12)13(14(19)20)17-18-15(21)22-16(3,4)5/h6-10,20H,1-5H3. The van der Waals surface area contributed by atoms with Gasteiger partial charge in [-0.05, 0) is 40.7 Å². The minimum Gasteiger partial charge on any atom is -0.493 e. The third-order valence-corrected chi connectivity index (χ3v) is 3.00. The number of hydrogen-bond acceptors (Lipinski definition) is 4. The predicted octanol–water partition coefficient (Wildman–Crippen LogP) is 4.95. The molecule has 0 aliphatic carbocycles. The third-order valence-electron chi connectivity index (χ3n) is 3.00. The summed E-state index contributed by atoms with van der Waals surface area (Å²) in [5.41, 5.74) is 0.479. The van der Waals surface area contributed by atoms with Crippen molar-refractivity contribution in [1.29, 1.82) is 0 Å². The van der Waals surface area contributed by atoms with E-state index in [4.69, 9.17) is 4.74 Å². The molecule has 0 spiro atoms. The van der Waals surface area contributed by atoms with E-state index < -0.39 is 11.7 Å². The van der Waals surface area contributed by atoms with E-state index in [-0.39, 0.29) is 17.6 Å². The molecule has 0 aliphatic rings. The predicted molar refractivity (Wildman–Crippen MR) is 84.7 cm³/mol. The number of ether oxygens (including phenoxy) is 1. The SMILES string of the molecule is CC(C)n1c(O)c(N=NC(=O)OC(C)(C)C)c2ccccc21.